The van der Waals surface area contributed by atoms with Crippen molar-refractivity contribution in [2.24, 2.45) is 0 Å². The van der Waals surface area contributed by atoms with Crippen molar-refractivity contribution in [2.45, 2.75) is 33.1 Å². The Kier molecular flexibility index (Phi) is 6.02. The van der Waals surface area contributed by atoms with E-state index in [0.29, 0.717) is 35.7 Å². The minimum atomic E-state index is -4.60. The van der Waals surface area contributed by atoms with Crippen LogP contribution in [0.1, 0.15) is 35.5 Å². The number of halogens is 3. The molecule has 0 spiro atoms. The Morgan fingerprint density at radius 1 is 1.18 bits per heavy atom. The van der Waals surface area contributed by atoms with Crippen LogP contribution in [0.2, 0.25) is 0 Å². The van der Waals surface area contributed by atoms with Gasteiger partial charge in [0.15, 0.2) is 5.69 Å². The van der Waals surface area contributed by atoms with Gasteiger partial charge in [-0.1, -0.05) is 5.16 Å². The van der Waals surface area contributed by atoms with Crippen LogP contribution in [-0.2, 0) is 19.3 Å². The van der Waals surface area contributed by atoms with E-state index in [-0.39, 0.29) is 29.3 Å². The number of hydrogen-bond donors (Lipinski definition) is 2. The smallest absolute Gasteiger partial charge is 0.419 e. The Balaban J connectivity index is 1.64. The molecular weight excluding hydrogens is 437 g/mol. The number of rotatable bonds is 7. The molecule has 11 heteroatoms. The maximum absolute atomic E-state index is 13.5. The lowest BCUT2D eigenvalue weighted by Gasteiger charge is -2.14. The number of aromatic amines is 1. The molecule has 0 unspecified atom stereocenters. The molecule has 0 fully saturated rings. The molecule has 0 amide bonds. The third-order valence-electron chi connectivity index (χ3n) is 4.78. The molecule has 8 nitrogen and oxygen atoms in total. The zero-order valence-corrected chi connectivity index (χ0v) is 17.7. The highest BCUT2D eigenvalue weighted by molar-refractivity contribution is 5.84. The van der Waals surface area contributed by atoms with Gasteiger partial charge in [-0.25, -0.2) is 9.97 Å². The largest absolute Gasteiger partial charge is 0.493 e. The van der Waals surface area contributed by atoms with Gasteiger partial charge in [0.2, 0.25) is 0 Å². The van der Waals surface area contributed by atoms with E-state index in [0.717, 1.165) is 11.8 Å². The summed E-state index contributed by atoms with van der Waals surface area (Å²) in [6.07, 6.45) is -4.60. The summed E-state index contributed by atoms with van der Waals surface area (Å²) in [6.45, 7) is 4.32. The van der Waals surface area contributed by atoms with E-state index in [1.165, 1.54) is 12.1 Å². The number of aryl methyl sites for hydroxylation is 1. The van der Waals surface area contributed by atoms with Crippen LogP contribution in [-0.4, -0.2) is 26.7 Å². The van der Waals surface area contributed by atoms with E-state index in [1.54, 1.807) is 19.9 Å². The predicted octanol–water partition coefficient (Wildman–Crippen LogP) is 4.50. The predicted molar refractivity (Wildman–Crippen MR) is 112 cm³/mol. The highest BCUT2D eigenvalue weighted by atomic mass is 19.4. The number of imidazole rings is 1. The normalized spacial score (nSPS) is 11.6. The van der Waals surface area contributed by atoms with Gasteiger partial charge in [-0.05, 0) is 38.1 Å². The first-order valence-corrected chi connectivity index (χ1v) is 10.1. The number of aromatic nitrogens is 4. The van der Waals surface area contributed by atoms with Gasteiger partial charge in [0.25, 0.3) is 0 Å². The summed E-state index contributed by atoms with van der Waals surface area (Å²) >= 11 is 0. The van der Waals surface area contributed by atoms with Gasteiger partial charge >= 0.3 is 6.18 Å². The number of fused-ring (bicyclic) bond motifs is 1. The van der Waals surface area contributed by atoms with Crippen molar-refractivity contribution in [3.63, 3.8) is 0 Å². The van der Waals surface area contributed by atoms with E-state index in [4.69, 9.17) is 9.26 Å². The van der Waals surface area contributed by atoms with Crippen molar-refractivity contribution in [1.82, 2.24) is 25.4 Å². The maximum atomic E-state index is 13.5. The van der Waals surface area contributed by atoms with E-state index >= 15 is 0 Å². The number of hydrogen-bond acceptors (Lipinski definition) is 7. The minimum Gasteiger partial charge on any atom is -0.493 e. The van der Waals surface area contributed by atoms with Crippen LogP contribution in [0.3, 0.4) is 0 Å². The van der Waals surface area contributed by atoms with Crippen LogP contribution < -0.4 is 10.1 Å². The molecule has 0 aliphatic carbocycles. The summed E-state index contributed by atoms with van der Waals surface area (Å²) < 4.78 is 50.7. The van der Waals surface area contributed by atoms with Crippen LogP contribution in [0, 0.1) is 18.3 Å². The lowest BCUT2D eigenvalue weighted by molar-refractivity contribution is -0.138. The Bertz CT molecular complexity index is 1340. The third-order valence-corrected chi connectivity index (χ3v) is 4.78. The van der Waals surface area contributed by atoms with E-state index in [2.05, 4.69) is 25.4 Å². The molecular formula is C22H19F3N6O2. The topological polar surface area (TPSA) is 113 Å². The molecule has 170 valence electrons. The molecule has 0 saturated carbocycles. The number of ether oxygens (including phenoxy) is 1. The second-order valence-electron chi connectivity index (χ2n) is 7.22. The number of nitrogens with one attached hydrogen (secondary N) is 2. The summed E-state index contributed by atoms with van der Waals surface area (Å²) in [6, 6.07) is 9.06. The van der Waals surface area contributed by atoms with Crippen molar-refractivity contribution in [1.29, 1.82) is 5.26 Å². The molecule has 0 bridgehead atoms. The molecule has 0 saturated heterocycles. The van der Waals surface area contributed by atoms with Crippen molar-refractivity contribution < 1.29 is 22.4 Å². The van der Waals surface area contributed by atoms with Gasteiger partial charge in [-0.15, -0.1) is 0 Å². The number of H-pyrrole nitrogens is 1. The maximum Gasteiger partial charge on any atom is 0.419 e. The Morgan fingerprint density at radius 3 is 2.67 bits per heavy atom. The number of nitriles is 1. The molecule has 4 rings (SSSR count). The summed E-state index contributed by atoms with van der Waals surface area (Å²) in [5, 5.41) is 16.6. The van der Waals surface area contributed by atoms with Gasteiger partial charge in [-0.3, -0.25) is 0 Å². The third kappa shape index (κ3) is 4.80. The molecule has 1 aromatic carbocycles. The van der Waals surface area contributed by atoms with Gasteiger partial charge in [0.1, 0.15) is 28.9 Å². The monoisotopic (exact) mass is 456 g/mol. The fourth-order valence-corrected chi connectivity index (χ4v) is 3.38. The van der Waals surface area contributed by atoms with E-state index < -0.39 is 11.7 Å². The first-order chi connectivity index (χ1) is 15.8. The van der Waals surface area contributed by atoms with Crippen molar-refractivity contribution in [3.8, 4) is 23.1 Å². The van der Waals surface area contributed by atoms with Crippen molar-refractivity contribution >= 4 is 11.0 Å². The zero-order chi connectivity index (χ0) is 23.6. The molecule has 3 heterocycles. The van der Waals surface area contributed by atoms with Crippen LogP contribution >= 0.6 is 0 Å². The zero-order valence-electron chi connectivity index (χ0n) is 17.7. The van der Waals surface area contributed by atoms with Crippen molar-refractivity contribution in [2.75, 3.05) is 6.61 Å². The minimum absolute atomic E-state index is 0.0135. The summed E-state index contributed by atoms with van der Waals surface area (Å²) in [5.74, 6) is 0.992. The Hall–Kier alpha value is -3.91. The Labute approximate surface area is 186 Å². The summed E-state index contributed by atoms with van der Waals surface area (Å²) in [7, 11) is 0. The van der Waals surface area contributed by atoms with Crippen LogP contribution in [0.5, 0.6) is 5.75 Å². The number of alkyl halides is 3. The summed E-state index contributed by atoms with van der Waals surface area (Å²) in [4.78, 5) is 11.7. The molecule has 4 aromatic rings. The van der Waals surface area contributed by atoms with Gasteiger partial charge in [0, 0.05) is 18.2 Å². The van der Waals surface area contributed by atoms with Crippen LogP contribution in [0.4, 0.5) is 13.2 Å². The molecule has 0 aliphatic heterocycles. The lowest BCUT2D eigenvalue weighted by atomic mass is 10.1. The van der Waals surface area contributed by atoms with Gasteiger partial charge in [0.05, 0.1) is 35.6 Å². The first kappa shape index (κ1) is 22.3. The second kappa shape index (κ2) is 8.91. The first-order valence-electron chi connectivity index (χ1n) is 10.1. The second-order valence-corrected chi connectivity index (χ2v) is 7.22. The standard InChI is InChI=1S/C22H19F3N6O2/c1-3-32-19-5-4-13(7-15(19)22(23,24)25)16-8-17-21(18(9-26)28-16)30-20(29-17)11-27-10-14-6-12(2)33-31-14/h4-8,27H,3,10-11H2,1-2H3,(H,29,30). The fourth-order valence-electron chi connectivity index (χ4n) is 3.38. The lowest BCUT2D eigenvalue weighted by Crippen LogP contribution is -2.13. The van der Waals surface area contributed by atoms with Crippen LogP contribution in [0.15, 0.2) is 34.9 Å². The molecule has 0 aliphatic rings. The summed E-state index contributed by atoms with van der Waals surface area (Å²) in [5.41, 5.74) is 1.11. The number of nitrogens with zero attached hydrogens (tertiary/aromatic N) is 4. The van der Waals surface area contributed by atoms with Crippen LogP contribution in [0.25, 0.3) is 22.3 Å². The molecule has 0 atom stereocenters. The SMILES string of the molecule is CCOc1ccc(-c2cc3[nH]c(CNCc4cc(C)on4)nc3c(C#N)n2)cc1C(F)(F)F. The van der Waals surface area contributed by atoms with Gasteiger partial charge in [-0.2, -0.15) is 18.4 Å². The quantitative estimate of drug-likeness (QED) is 0.421. The van der Waals surface area contributed by atoms with Crippen molar-refractivity contribution in [3.05, 3.63) is 58.9 Å². The van der Waals surface area contributed by atoms with Gasteiger partial charge < -0.3 is 19.6 Å². The Morgan fingerprint density at radius 2 is 2.00 bits per heavy atom. The average Bonchev–Trinajstić information content (AvgIpc) is 3.38. The highest BCUT2D eigenvalue weighted by Crippen LogP contribution is 2.39. The highest BCUT2D eigenvalue weighted by Gasteiger charge is 2.35. The van der Waals surface area contributed by atoms with E-state index in [9.17, 15) is 18.4 Å². The molecule has 33 heavy (non-hydrogen) atoms. The molecule has 3 aromatic heterocycles. The molecule has 0 radical (unpaired) electrons. The number of benzene rings is 1. The average molecular weight is 456 g/mol. The number of pyridine rings is 1. The molecule has 2 N–H and O–H groups in total. The fraction of sp³-hybridized carbons (Fsp3) is 0.273. The van der Waals surface area contributed by atoms with E-state index in [1.807, 2.05) is 12.1 Å².